The first kappa shape index (κ1) is 9.89. The molecule has 4 nitrogen and oxygen atoms in total. The number of fused-ring (bicyclic) bond motifs is 2. The molecule has 0 amide bonds. The lowest BCUT2D eigenvalue weighted by atomic mass is 10.1. The molecular formula is C10H10FNO3S. The van der Waals surface area contributed by atoms with Crippen LogP contribution in [0.3, 0.4) is 0 Å². The number of sulfone groups is 1. The third-order valence-corrected chi connectivity index (χ3v) is 4.56. The van der Waals surface area contributed by atoms with E-state index in [1.807, 2.05) is 0 Å². The van der Waals surface area contributed by atoms with E-state index in [-0.39, 0.29) is 29.5 Å². The molecule has 0 radical (unpaired) electrons. The van der Waals surface area contributed by atoms with Gasteiger partial charge in [-0.05, 0) is 12.1 Å². The lowest BCUT2D eigenvalue weighted by Gasteiger charge is -2.29. The first-order valence-electron chi connectivity index (χ1n) is 4.97. The Bertz CT molecular complexity index is 543. The topological polar surface area (TPSA) is 55.4 Å². The molecule has 0 aromatic heterocycles. The number of anilines is 1. The molecule has 1 N–H and O–H groups in total. The molecule has 0 saturated carbocycles. The van der Waals surface area contributed by atoms with Crippen molar-refractivity contribution in [1.29, 1.82) is 0 Å². The molecule has 0 aliphatic carbocycles. The zero-order valence-corrected chi connectivity index (χ0v) is 9.13. The van der Waals surface area contributed by atoms with Gasteiger partial charge in [-0.1, -0.05) is 0 Å². The lowest BCUT2D eigenvalue weighted by molar-refractivity contribution is 0.206. The Morgan fingerprint density at radius 3 is 3.00 bits per heavy atom. The molecule has 2 heterocycles. The van der Waals surface area contributed by atoms with Crippen LogP contribution in [-0.2, 0) is 9.84 Å². The van der Waals surface area contributed by atoms with Gasteiger partial charge in [0.2, 0.25) is 0 Å². The van der Waals surface area contributed by atoms with Crippen LogP contribution in [0.5, 0.6) is 5.75 Å². The molecule has 2 atom stereocenters. The van der Waals surface area contributed by atoms with Crippen LogP contribution in [0, 0.1) is 5.82 Å². The molecule has 0 spiro atoms. The number of ether oxygens (including phenoxy) is 1. The Labute approximate surface area is 92.3 Å². The van der Waals surface area contributed by atoms with E-state index >= 15 is 0 Å². The fraction of sp³-hybridized carbons (Fsp3) is 0.400. The van der Waals surface area contributed by atoms with Crippen molar-refractivity contribution in [2.75, 3.05) is 16.8 Å². The number of benzene rings is 1. The van der Waals surface area contributed by atoms with E-state index in [4.69, 9.17) is 4.74 Å². The van der Waals surface area contributed by atoms with Crippen LogP contribution >= 0.6 is 0 Å². The third kappa shape index (κ3) is 1.53. The van der Waals surface area contributed by atoms with Crippen molar-refractivity contribution in [3.05, 3.63) is 24.0 Å². The Hall–Kier alpha value is -1.30. The molecule has 86 valence electrons. The highest BCUT2D eigenvalue weighted by Gasteiger charge is 2.42. The smallest absolute Gasteiger partial charge is 0.156 e. The molecule has 1 fully saturated rings. The second-order valence-corrected chi connectivity index (χ2v) is 6.28. The molecule has 0 bridgehead atoms. The summed E-state index contributed by atoms with van der Waals surface area (Å²) in [6.45, 7) is 0. The van der Waals surface area contributed by atoms with E-state index in [0.29, 0.717) is 11.4 Å². The maximum absolute atomic E-state index is 13.0. The maximum Gasteiger partial charge on any atom is 0.156 e. The molecule has 1 aromatic rings. The van der Waals surface area contributed by atoms with Crippen molar-refractivity contribution >= 4 is 15.5 Å². The summed E-state index contributed by atoms with van der Waals surface area (Å²) in [7, 11) is -3.04. The Morgan fingerprint density at radius 1 is 1.38 bits per heavy atom. The van der Waals surface area contributed by atoms with Gasteiger partial charge >= 0.3 is 0 Å². The van der Waals surface area contributed by atoms with Gasteiger partial charge in [0, 0.05) is 6.07 Å². The third-order valence-electron chi connectivity index (χ3n) is 2.86. The molecule has 6 heteroatoms. The Kier molecular flexibility index (Phi) is 1.92. The van der Waals surface area contributed by atoms with Gasteiger partial charge in [0.1, 0.15) is 17.7 Å². The largest absolute Gasteiger partial charge is 0.485 e. The normalized spacial score (nSPS) is 29.8. The number of hydrogen-bond acceptors (Lipinski definition) is 4. The second kappa shape index (κ2) is 3.10. The first-order chi connectivity index (χ1) is 7.53. The molecule has 1 saturated heterocycles. The van der Waals surface area contributed by atoms with Crippen LogP contribution in [0.15, 0.2) is 18.2 Å². The van der Waals surface area contributed by atoms with Crippen LogP contribution in [0.1, 0.15) is 0 Å². The predicted octanol–water partition coefficient (Wildman–Crippen LogP) is 0.796. The zero-order chi connectivity index (χ0) is 11.3. The van der Waals surface area contributed by atoms with Gasteiger partial charge in [-0.3, -0.25) is 0 Å². The van der Waals surface area contributed by atoms with Crippen LogP contribution in [0.25, 0.3) is 0 Å². The minimum absolute atomic E-state index is 0.0292. The van der Waals surface area contributed by atoms with E-state index in [2.05, 4.69) is 5.32 Å². The lowest BCUT2D eigenvalue weighted by Crippen LogP contribution is -2.40. The summed E-state index contributed by atoms with van der Waals surface area (Å²) in [5, 5.41) is 3.01. The maximum atomic E-state index is 13.0. The summed E-state index contributed by atoms with van der Waals surface area (Å²) in [5.74, 6) is 0.226. The van der Waals surface area contributed by atoms with Gasteiger partial charge in [0.15, 0.2) is 9.84 Å². The number of rotatable bonds is 0. The molecular weight excluding hydrogens is 233 g/mol. The summed E-state index contributed by atoms with van der Waals surface area (Å²) >= 11 is 0. The average molecular weight is 243 g/mol. The molecule has 3 rings (SSSR count). The van der Waals surface area contributed by atoms with Crippen LogP contribution in [0.4, 0.5) is 10.1 Å². The van der Waals surface area contributed by atoms with Gasteiger partial charge in [-0.25, -0.2) is 12.8 Å². The van der Waals surface area contributed by atoms with E-state index in [9.17, 15) is 12.8 Å². The quantitative estimate of drug-likeness (QED) is 0.732. The van der Waals surface area contributed by atoms with Crippen molar-refractivity contribution in [2.24, 2.45) is 0 Å². The molecule has 1 aromatic carbocycles. The van der Waals surface area contributed by atoms with Gasteiger partial charge in [0.05, 0.1) is 23.2 Å². The summed E-state index contributed by atoms with van der Waals surface area (Å²) in [6.07, 6.45) is -0.358. The monoisotopic (exact) mass is 243 g/mol. The summed E-state index contributed by atoms with van der Waals surface area (Å²) < 4.78 is 41.4. The van der Waals surface area contributed by atoms with E-state index in [1.165, 1.54) is 18.2 Å². The van der Waals surface area contributed by atoms with Gasteiger partial charge in [-0.2, -0.15) is 0 Å². The van der Waals surface area contributed by atoms with E-state index in [0.717, 1.165) is 0 Å². The van der Waals surface area contributed by atoms with Gasteiger partial charge < -0.3 is 10.1 Å². The number of hydrogen-bond donors (Lipinski definition) is 1. The van der Waals surface area contributed by atoms with Gasteiger partial charge in [-0.15, -0.1) is 0 Å². The van der Waals surface area contributed by atoms with Crippen LogP contribution in [-0.4, -0.2) is 32.1 Å². The van der Waals surface area contributed by atoms with Gasteiger partial charge in [0.25, 0.3) is 0 Å². The van der Waals surface area contributed by atoms with Crippen molar-refractivity contribution in [2.45, 2.75) is 12.1 Å². The Balaban J connectivity index is 1.97. The Morgan fingerprint density at radius 2 is 2.19 bits per heavy atom. The molecule has 16 heavy (non-hydrogen) atoms. The summed E-state index contributed by atoms with van der Waals surface area (Å²) in [4.78, 5) is 0. The highest BCUT2D eigenvalue weighted by molar-refractivity contribution is 7.91. The van der Waals surface area contributed by atoms with E-state index < -0.39 is 9.84 Å². The van der Waals surface area contributed by atoms with Crippen LogP contribution in [0.2, 0.25) is 0 Å². The molecule has 2 aliphatic rings. The predicted molar refractivity (Wildman–Crippen MR) is 56.9 cm³/mol. The fourth-order valence-electron chi connectivity index (χ4n) is 2.15. The minimum Gasteiger partial charge on any atom is -0.485 e. The highest BCUT2D eigenvalue weighted by Crippen LogP contribution is 2.34. The SMILES string of the molecule is O=S1(=O)CC2Nc3cc(F)ccc3OC2C1. The average Bonchev–Trinajstić information content (AvgIpc) is 2.47. The van der Waals surface area contributed by atoms with Crippen molar-refractivity contribution in [3.63, 3.8) is 0 Å². The highest BCUT2D eigenvalue weighted by atomic mass is 32.2. The van der Waals surface area contributed by atoms with E-state index in [1.54, 1.807) is 0 Å². The molecule has 2 unspecified atom stereocenters. The van der Waals surface area contributed by atoms with Crippen molar-refractivity contribution in [1.82, 2.24) is 0 Å². The fourth-order valence-corrected chi connectivity index (χ4v) is 3.93. The summed E-state index contributed by atoms with van der Waals surface area (Å²) in [6, 6.07) is 3.86. The van der Waals surface area contributed by atoms with Crippen LogP contribution < -0.4 is 10.1 Å². The zero-order valence-electron chi connectivity index (χ0n) is 8.31. The molecule has 2 aliphatic heterocycles. The minimum atomic E-state index is -3.04. The van der Waals surface area contributed by atoms with Crippen molar-refractivity contribution in [3.8, 4) is 5.75 Å². The number of halogens is 1. The summed E-state index contributed by atoms with van der Waals surface area (Å²) in [5.41, 5.74) is 0.526. The number of nitrogens with one attached hydrogen (secondary N) is 1. The first-order valence-corrected chi connectivity index (χ1v) is 6.79. The van der Waals surface area contributed by atoms with Crippen molar-refractivity contribution < 1.29 is 17.5 Å². The standard InChI is InChI=1S/C10H10FNO3S/c11-6-1-2-9-7(3-6)12-8-4-16(13,14)5-10(8)15-9/h1-3,8,10,12H,4-5H2. The second-order valence-electron chi connectivity index (χ2n) is 4.12.